The predicted octanol–water partition coefficient (Wildman–Crippen LogP) is 2.61. The number of hydrogen-bond acceptors (Lipinski definition) is 4. The van der Waals surface area contributed by atoms with Gasteiger partial charge < -0.3 is 4.90 Å². The van der Waals surface area contributed by atoms with Crippen LogP contribution in [0.2, 0.25) is 0 Å². The van der Waals surface area contributed by atoms with Crippen LogP contribution in [0.25, 0.3) is 0 Å². The van der Waals surface area contributed by atoms with Gasteiger partial charge in [0.05, 0.1) is 11.5 Å². The van der Waals surface area contributed by atoms with Gasteiger partial charge in [-0.15, -0.1) is 0 Å². The molecule has 1 aromatic carbocycles. The van der Waals surface area contributed by atoms with Crippen LogP contribution >= 0.6 is 0 Å². The standard InChI is InChI=1S/C19H21FN2O3S/c1-2-14-11-21-9-7-17(14)19(23)22(16-8-10-26(24,25)13-16)12-15-5-3-4-6-18(15)20/h3-7,9,11,16H,2,8,10,12-13H2,1H3. The van der Waals surface area contributed by atoms with Gasteiger partial charge in [-0.05, 0) is 30.5 Å². The minimum atomic E-state index is -3.17. The Kier molecular flexibility index (Phi) is 5.36. The van der Waals surface area contributed by atoms with E-state index in [0.29, 0.717) is 24.0 Å². The third-order valence-electron chi connectivity index (χ3n) is 4.72. The van der Waals surface area contributed by atoms with Gasteiger partial charge >= 0.3 is 0 Å². The molecule has 1 unspecified atom stereocenters. The Balaban J connectivity index is 1.97. The molecule has 7 heteroatoms. The highest BCUT2D eigenvalue weighted by Gasteiger charge is 2.35. The molecule has 1 aliphatic rings. The summed E-state index contributed by atoms with van der Waals surface area (Å²) in [7, 11) is -3.17. The summed E-state index contributed by atoms with van der Waals surface area (Å²) in [4.78, 5) is 18.8. The lowest BCUT2D eigenvalue weighted by atomic mass is 10.0. The average molecular weight is 376 g/mol. The van der Waals surface area contributed by atoms with Crippen LogP contribution < -0.4 is 0 Å². The second kappa shape index (κ2) is 7.53. The van der Waals surface area contributed by atoms with Crippen molar-refractivity contribution >= 4 is 15.7 Å². The Hall–Kier alpha value is -2.28. The highest BCUT2D eigenvalue weighted by atomic mass is 32.2. The number of rotatable bonds is 5. The molecule has 1 atom stereocenters. The quantitative estimate of drug-likeness (QED) is 0.805. The van der Waals surface area contributed by atoms with Crippen LogP contribution in [0.4, 0.5) is 4.39 Å². The minimum Gasteiger partial charge on any atom is -0.330 e. The maximum Gasteiger partial charge on any atom is 0.254 e. The minimum absolute atomic E-state index is 0.0389. The van der Waals surface area contributed by atoms with Gasteiger partial charge in [0.1, 0.15) is 5.82 Å². The van der Waals surface area contributed by atoms with E-state index in [0.717, 1.165) is 5.56 Å². The van der Waals surface area contributed by atoms with Crippen molar-refractivity contribution in [3.63, 3.8) is 0 Å². The van der Waals surface area contributed by atoms with E-state index in [9.17, 15) is 17.6 Å². The van der Waals surface area contributed by atoms with Crippen molar-refractivity contribution in [2.45, 2.75) is 32.4 Å². The number of halogens is 1. The molecular weight excluding hydrogens is 355 g/mol. The molecular formula is C19H21FN2O3S. The van der Waals surface area contributed by atoms with Gasteiger partial charge in [-0.2, -0.15) is 0 Å². The number of benzene rings is 1. The van der Waals surface area contributed by atoms with Crippen molar-refractivity contribution in [2.75, 3.05) is 11.5 Å². The summed E-state index contributed by atoms with van der Waals surface area (Å²) in [6.45, 7) is 1.96. The Labute approximate surface area is 152 Å². The van der Waals surface area contributed by atoms with E-state index in [2.05, 4.69) is 4.98 Å². The van der Waals surface area contributed by atoms with Crippen molar-refractivity contribution in [1.82, 2.24) is 9.88 Å². The van der Waals surface area contributed by atoms with Crippen LogP contribution in [0.3, 0.4) is 0 Å². The molecule has 3 rings (SSSR count). The second-order valence-electron chi connectivity index (χ2n) is 6.47. The number of nitrogens with zero attached hydrogens (tertiary/aromatic N) is 2. The van der Waals surface area contributed by atoms with Crippen LogP contribution in [-0.4, -0.2) is 41.8 Å². The third-order valence-corrected chi connectivity index (χ3v) is 6.47. The summed E-state index contributed by atoms with van der Waals surface area (Å²) in [5.41, 5.74) is 1.65. The van der Waals surface area contributed by atoms with Gasteiger partial charge in [-0.1, -0.05) is 25.1 Å². The zero-order chi connectivity index (χ0) is 18.7. The largest absolute Gasteiger partial charge is 0.330 e. The lowest BCUT2D eigenvalue weighted by Gasteiger charge is -2.29. The predicted molar refractivity (Wildman–Crippen MR) is 96.9 cm³/mol. The first-order chi connectivity index (χ1) is 12.4. The van der Waals surface area contributed by atoms with E-state index in [1.165, 1.54) is 11.0 Å². The molecule has 138 valence electrons. The van der Waals surface area contributed by atoms with E-state index in [4.69, 9.17) is 0 Å². The first-order valence-electron chi connectivity index (χ1n) is 8.59. The molecule has 26 heavy (non-hydrogen) atoms. The summed E-state index contributed by atoms with van der Waals surface area (Å²) >= 11 is 0. The van der Waals surface area contributed by atoms with Crippen molar-refractivity contribution < 1.29 is 17.6 Å². The first kappa shape index (κ1) is 18.5. The summed E-state index contributed by atoms with van der Waals surface area (Å²) in [5, 5.41) is 0. The number of carbonyl (C=O) groups excluding carboxylic acids is 1. The summed E-state index contributed by atoms with van der Waals surface area (Å²) in [6.07, 6.45) is 4.18. The molecule has 2 heterocycles. The van der Waals surface area contributed by atoms with Crippen LogP contribution in [0.1, 0.15) is 34.8 Å². The topological polar surface area (TPSA) is 67.3 Å². The fourth-order valence-electron chi connectivity index (χ4n) is 3.27. The smallest absolute Gasteiger partial charge is 0.254 e. The van der Waals surface area contributed by atoms with Crippen LogP contribution in [0.5, 0.6) is 0 Å². The summed E-state index contributed by atoms with van der Waals surface area (Å²) < 4.78 is 38.0. The van der Waals surface area contributed by atoms with Crippen molar-refractivity contribution in [3.8, 4) is 0 Å². The van der Waals surface area contributed by atoms with Gasteiger partial charge in [-0.25, -0.2) is 12.8 Å². The molecule has 1 saturated heterocycles. The van der Waals surface area contributed by atoms with Crippen LogP contribution in [0, 0.1) is 5.82 Å². The monoisotopic (exact) mass is 376 g/mol. The summed E-state index contributed by atoms with van der Waals surface area (Å²) in [6, 6.07) is 7.43. The third kappa shape index (κ3) is 3.93. The van der Waals surface area contributed by atoms with Gasteiger partial charge in [0, 0.05) is 36.1 Å². The SMILES string of the molecule is CCc1cnccc1C(=O)N(Cc1ccccc1F)C1CCS(=O)(=O)C1. The van der Waals surface area contributed by atoms with Crippen molar-refractivity contribution in [1.29, 1.82) is 0 Å². The first-order valence-corrected chi connectivity index (χ1v) is 10.4. The number of carbonyl (C=O) groups is 1. The highest BCUT2D eigenvalue weighted by Crippen LogP contribution is 2.24. The van der Waals surface area contributed by atoms with Crippen LogP contribution in [0.15, 0.2) is 42.7 Å². The molecule has 0 radical (unpaired) electrons. The van der Waals surface area contributed by atoms with Gasteiger partial charge in [0.2, 0.25) is 0 Å². The Bertz CT molecular complexity index is 915. The summed E-state index contributed by atoms with van der Waals surface area (Å²) in [5.74, 6) is -0.721. The van der Waals surface area contributed by atoms with Gasteiger partial charge in [0.25, 0.3) is 5.91 Å². The number of aromatic nitrogens is 1. The molecule has 5 nitrogen and oxygen atoms in total. The molecule has 0 N–H and O–H groups in total. The van der Waals surface area contributed by atoms with Crippen LogP contribution in [-0.2, 0) is 22.8 Å². The zero-order valence-corrected chi connectivity index (χ0v) is 15.4. The molecule has 2 aromatic rings. The number of aryl methyl sites for hydroxylation is 1. The fourth-order valence-corrected chi connectivity index (χ4v) is 5.00. The molecule has 1 fully saturated rings. The van der Waals surface area contributed by atoms with E-state index in [1.54, 1.807) is 36.7 Å². The highest BCUT2D eigenvalue weighted by molar-refractivity contribution is 7.91. The Morgan fingerprint density at radius 1 is 1.27 bits per heavy atom. The average Bonchev–Trinajstić information content (AvgIpc) is 3.00. The lowest BCUT2D eigenvalue weighted by Crippen LogP contribution is -2.41. The molecule has 1 aromatic heterocycles. The van der Waals surface area contributed by atoms with Crippen molar-refractivity contribution in [3.05, 3.63) is 65.2 Å². The lowest BCUT2D eigenvalue weighted by molar-refractivity contribution is 0.0677. The molecule has 1 aliphatic heterocycles. The number of sulfone groups is 1. The van der Waals surface area contributed by atoms with Gasteiger partial charge in [0.15, 0.2) is 9.84 Å². The number of hydrogen-bond donors (Lipinski definition) is 0. The fraction of sp³-hybridized carbons (Fsp3) is 0.368. The maximum atomic E-state index is 14.1. The molecule has 0 bridgehead atoms. The number of amides is 1. The van der Waals surface area contributed by atoms with E-state index in [1.807, 2.05) is 6.92 Å². The van der Waals surface area contributed by atoms with Gasteiger partial charge in [-0.3, -0.25) is 9.78 Å². The van der Waals surface area contributed by atoms with E-state index >= 15 is 0 Å². The molecule has 1 amide bonds. The Morgan fingerprint density at radius 3 is 2.69 bits per heavy atom. The number of pyridine rings is 1. The second-order valence-corrected chi connectivity index (χ2v) is 8.70. The molecule has 0 spiro atoms. The van der Waals surface area contributed by atoms with E-state index < -0.39 is 21.7 Å². The zero-order valence-electron chi connectivity index (χ0n) is 14.6. The Morgan fingerprint density at radius 2 is 2.04 bits per heavy atom. The molecule has 0 saturated carbocycles. The normalized spacial score (nSPS) is 18.6. The van der Waals surface area contributed by atoms with Crippen molar-refractivity contribution in [2.24, 2.45) is 0 Å². The maximum absolute atomic E-state index is 14.1. The molecule has 0 aliphatic carbocycles. The van der Waals surface area contributed by atoms with E-state index in [-0.39, 0.29) is 24.0 Å².